The molecule has 0 aliphatic carbocycles. The van der Waals surface area contributed by atoms with E-state index < -0.39 is 0 Å². The average molecular weight is 401 g/mol. The van der Waals surface area contributed by atoms with Crippen molar-refractivity contribution in [3.63, 3.8) is 0 Å². The average Bonchev–Trinajstić information content (AvgIpc) is 2.74. The molecule has 0 saturated carbocycles. The Hall–Kier alpha value is -1.86. The summed E-state index contributed by atoms with van der Waals surface area (Å²) in [7, 11) is 0. The number of nitrogens with zero attached hydrogens (tertiary/aromatic N) is 4. The van der Waals surface area contributed by atoms with E-state index in [1.54, 1.807) is 0 Å². The quantitative estimate of drug-likeness (QED) is 0.760. The molecule has 1 unspecified atom stereocenters. The highest BCUT2D eigenvalue weighted by Gasteiger charge is 2.40. The van der Waals surface area contributed by atoms with Crippen LogP contribution in [0.25, 0.3) is 0 Å². The summed E-state index contributed by atoms with van der Waals surface area (Å²) in [5.41, 5.74) is 0. The second-order valence-corrected chi connectivity index (χ2v) is 9.18. The van der Waals surface area contributed by atoms with E-state index in [9.17, 15) is 4.79 Å². The highest BCUT2D eigenvalue weighted by molar-refractivity contribution is 5.74. The Morgan fingerprint density at radius 3 is 2.69 bits per heavy atom. The number of anilines is 1. The van der Waals surface area contributed by atoms with E-state index in [0.29, 0.717) is 6.04 Å². The van der Waals surface area contributed by atoms with Crippen molar-refractivity contribution in [3.8, 4) is 0 Å². The molecule has 0 radical (unpaired) electrons. The number of carbonyl (C=O) groups excluding carboxylic acids is 1. The van der Waals surface area contributed by atoms with E-state index in [1.165, 1.54) is 32.5 Å². The van der Waals surface area contributed by atoms with E-state index >= 15 is 0 Å². The van der Waals surface area contributed by atoms with Gasteiger partial charge >= 0.3 is 6.03 Å². The van der Waals surface area contributed by atoms with Crippen LogP contribution in [0, 0.1) is 11.8 Å². The molecule has 160 valence electrons. The molecule has 5 rings (SSSR count). The van der Waals surface area contributed by atoms with Gasteiger partial charge < -0.3 is 15.5 Å². The van der Waals surface area contributed by atoms with Crippen LogP contribution in [0.15, 0.2) is 24.4 Å². The van der Waals surface area contributed by atoms with Crippen LogP contribution in [-0.4, -0.2) is 85.3 Å². The molecule has 1 aromatic rings. The number of piperazine rings is 1. The van der Waals surface area contributed by atoms with Crippen molar-refractivity contribution in [1.29, 1.82) is 0 Å². The molecular weight excluding hydrogens is 364 g/mol. The lowest BCUT2D eigenvalue weighted by molar-refractivity contribution is -0.0115. The normalized spacial score (nSPS) is 29.8. The molecule has 5 heterocycles. The molecule has 4 saturated heterocycles. The van der Waals surface area contributed by atoms with Gasteiger partial charge in [-0.3, -0.25) is 9.80 Å². The number of fused-ring (bicyclic) bond motifs is 3. The second kappa shape index (κ2) is 9.30. The van der Waals surface area contributed by atoms with Crippen LogP contribution in [0.5, 0.6) is 0 Å². The maximum absolute atomic E-state index is 11.9. The number of hydrogen-bond donors (Lipinski definition) is 2. The fourth-order valence-electron chi connectivity index (χ4n) is 5.22. The van der Waals surface area contributed by atoms with Crippen LogP contribution in [0.2, 0.25) is 0 Å². The Labute approximate surface area is 174 Å². The smallest absolute Gasteiger partial charge is 0.315 e. The molecule has 4 aliphatic rings. The van der Waals surface area contributed by atoms with Crippen LogP contribution in [0.3, 0.4) is 0 Å². The number of rotatable bonds is 6. The number of piperidine rings is 3. The third-order valence-corrected chi connectivity index (χ3v) is 6.77. The van der Waals surface area contributed by atoms with Gasteiger partial charge in [0.1, 0.15) is 5.82 Å². The topological polar surface area (TPSA) is 63.7 Å². The highest BCUT2D eigenvalue weighted by Crippen LogP contribution is 2.36. The largest absolute Gasteiger partial charge is 0.354 e. The lowest BCUT2D eigenvalue weighted by atomic mass is 9.75. The van der Waals surface area contributed by atoms with Gasteiger partial charge in [0, 0.05) is 64.1 Å². The summed E-state index contributed by atoms with van der Waals surface area (Å²) in [6.07, 6.45) is 4.42. The van der Waals surface area contributed by atoms with Gasteiger partial charge in [0.15, 0.2) is 0 Å². The van der Waals surface area contributed by atoms with Gasteiger partial charge in [0.2, 0.25) is 0 Å². The summed E-state index contributed by atoms with van der Waals surface area (Å²) >= 11 is 0. The minimum Gasteiger partial charge on any atom is -0.354 e. The molecule has 4 fully saturated rings. The fraction of sp³-hybridized carbons (Fsp3) is 0.727. The van der Waals surface area contributed by atoms with Crippen LogP contribution in [0.4, 0.5) is 10.6 Å². The maximum atomic E-state index is 11.9. The summed E-state index contributed by atoms with van der Waals surface area (Å²) in [5, 5.41) is 5.99. The van der Waals surface area contributed by atoms with Gasteiger partial charge in [-0.1, -0.05) is 6.07 Å². The number of aromatic nitrogens is 1. The summed E-state index contributed by atoms with van der Waals surface area (Å²) in [6, 6.07) is 6.81. The molecule has 4 aliphatic heterocycles. The van der Waals surface area contributed by atoms with E-state index in [4.69, 9.17) is 0 Å². The van der Waals surface area contributed by atoms with E-state index in [2.05, 4.69) is 42.5 Å². The van der Waals surface area contributed by atoms with Crippen molar-refractivity contribution < 1.29 is 4.79 Å². The van der Waals surface area contributed by atoms with Crippen molar-refractivity contribution in [2.24, 2.45) is 11.8 Å². The van der Waals surface area contributed by atoms with Crippen LogP contribution < -0.4 is 15.5 Å². The van der Waals surface area contributed by atoms with Crippen molar-refractivity contribution in [2.75, 3.05) is 57.3 Å². The Bertz CT molecular complexity index is 661. The molecular formula is C22H36N6O. The molecule has 7 heteroatoms. The van der Waals surface area contributed by atoms with Crippen LogP contribution in [0.1, 0.15) is 26.7 Å². The third-order valence-electron chi connectivity index (χ3n) is 6.77. The first-order valence-electron chi connectivity index (χ1n) is 11.2. The number of carbonyl (C=O) groups is 1. The van der Waals surface area contributed by atoms with Crippen molar-refractivity contribution in [2.45, 2.75) is 38.8 Å². The molecule has 7 nitrogen and oxygen atoms in total. The zero-order valence-corrected chi connectivity index (χ0v) is 17.9. The second-order valence-electron chi connectivity index (χ2n) is 9.18. The van der Waals surface area contributed by atoms with Crippen molar-refractivity contribution >= 4 is 11.8 Å². The zero-order chi connectivity index (χ0) is 20.2. The standard InChI is InChI=1S/C22H36N6O/c1-17(2)25-22(29)24-14-20-13-18-6-8-28(20)16-19(18)15-26-9-11-27(12-10-26)21-5-3-4-7-23-21/h3-5,7,17-20H,6,8-16H2,1-2H3,(H2,24,25,29)/t18-,19-,20+/m0/s1. The number of amides is 2. The Morgan fingerprint density at radius 2 is 2.03 bits per heavy atom. The number of hydrogen-bond acceptors (Lipinski definition) is 5. The number of urea groups is 1. The Balaban J connectivity index is 1.22. The molecule has 1 aromatic heterocycles. The molecule has 2 N–H and O–H groups in total. The minimum absolute atomic E-state index is 0.0371. The lowest BCUT2D eigenvalue weighted by Crippen LogP contribution is -2.60. The molecule has 29 heavy (non-hydrogen) atoms. The van der Waals surface area contributed by atoms with Gasteiger partial charge in [-0.15, -0.1) is 0 Å². The summed E-state index contributed by atoms with van der Waals surface area (Å²) in [6.45, 7) is 12.7. The van der Waals surface area contributed by atoms with Gasteiger partial charge in [0.05, 0.1) is 0 Å². The lowest BCUT2D eigenvalue weighted by Gasteiger charge is -2.51. The fourth-order valence-corrected chi connectivity index (χ4v) is 5.22. The highest BCUT2D eigenvalue weighted by atomic mass is 16.2. The molecule has 2 bridgehead atoms. The minimum atomic E-state index is -0.0371. The predicted octanol–water partition coefficient (Wildman–Crippen LogP) is 1.62. The monoisotopic (exact) mass is 400 g/mol. The van der Waals surface area contributed by atoms with Gasteiger partial charge in [0.25, 0.3) is 0 Å². The predicted molar refractivity (Wildman–Crippen MR) is 116 cm³/mol. The Kier molecular flexibility index (Phi) is 6.55. The van der Waals surface area contributed by atoms with Crippen molar-refractivity contribution in [3.05, 3.63) is 24.4 Å². The molecule has 0 spiro atoms. The zero-order valence-electron chi connectivity index (χ0n) is 17.9. The van der Waals surface area contributed by atoms with E-state index in [0.717, 1.165) is 50.4 Å². The summed E-state index contributed by atoms with van der Waals surface area (Å²) in [5.74, 6) is 2.67. The molecule has 4 atom stereocenters. The van der Waals surface area contributed by atoms with Crippen LogP contribution in [-0.2, 0) is 0 Å². The first-order chi connectivity index (χ1) is 14.1. The SMILES string of the molecule is CC(C)NC(=O)NC[C@H]1C[C@@H]2CCN1C[C@@H]2CN1CCN(c2ccccn2)CC1. The molecule has 2 amide bonds. The van der Waals surface area contributed by atoms with Gasteiger partial charge in [-0.05, 0) is 57.2 Å². The van der Waals surface area contributed by atoms with Crippen molar-refractivity contribution in [1.82, 2.24) is 25.4 Å². The first-order valence-corrected chi connectivity index (χ1v) is 11.2. The Morgan fingerprint density at radius 1 is 1.21 bits per heavy atom. The number of nitrogens with one attached hydrogen (secondary N) is 2. The van der Waals surface area contributed by atoms with Gasteiger partial charge in [-0.25, -0.2) is 9.78 Å². The first kappa shape index (κ1) is 20.4. The van der Waals surface area contributed by atoms with Crippen LogP contribution >= 0.6 is 0 Å². The maximum Gasteiger partial charge on any atom is 0.315 e. The third kappa shape index (κ3) is 5.20. The summed E-state index contributed by atoms with van der Waals surface area (Å²) in [4.78, 5) is 24.1. The van der Waals surface area contributed by atoms with Gasteiger partial charge in [-0.2, -0.15) is 0 Å². The number of pyridine rings is 1. The molecule has 0 aromatic carbocycles. The van der Waals surface area contributed by atoms with E-state index in [1.807, 2.05) is 26.1 Å². The van der Waals surface area contributed by atoms with E-state index in [-0.39, 0.29) is 12.1 Å². The summed E-state index contributed by atoms with van der Waals surface area (Å²) < 4.78 is 0.